The third-order valence-corrected chi connectivity index (χ3v) is 4.84. The number of amides is 1. The number of aromatic nitrogens is 3. The molecule has 28 heavy (non-hydrogen) atoms. The molecule has 0 fully saturated rings. The minimum atomic E-state index is -0.500. The number of hydrogen-bond donors (Lipinski definition) is 1. The number of nitrogens with one attached hydrogen (secondary N) is 1. The largest absolute Gasteiger partial charge is 0.495 e. The fourth-order valence-electron chi connectivity index (χ4n) is 2.49. The number of para-hydroxylation sites is 2. The van der Waals surface area contributed by atoms with Crippen molar-refractivity contribution in [1.29, 1.82) is 0 Å². The Kier molecular flexibility index (Phi) is 5.90. The van der Waals surface area contributed by atoms with E-state index in [4.69, 9.17) is 4.74 Å². The van der Waals surface area contributed by atoms with Crippen molar-refractivity contribution in [1.82, 2.24) is 14.8 Å². The van der Waals surface area contributed by atoms with Gasteiger partial charge in [-0.1, -0.05) is 30.0 Å². The number of non-ortho nitro benzene ring substituents is 1. The first-order chi connectivity index (χ1) is 13.5. The number of carbonyl (C=O) groups is 1. The number of nitrogens with zero attached hydrogens (tertiary/aromatic N) is 4. The zero-order valence-corrected chi connectivity index (χ0v) is 16.0. The molecule has 0 aliphatic rings. The summed E-state index contributed by atoms with van der Waals surface area (Å²) in [4.78, 5) is 22.7. The van der Waals surface area contributed by atoms with Crippen LogP contribution in [0.4, 0.5) is 11.4 Å². The molecule has 0 saturated heterocycles. The highest BCUT2D eigenvalue weighted by Gasteiger charge is 2.15. The van der Waals surface area contributed by atoms with Crippen molar-refractivity contribution in [3.05, 3.63) is 64.5 Å². The number of benzene rings is 2. The minimum absolute atomic E-state index is 0.0655. The van der Waals surface area contributed by atoms with E-state index in [2.05, 4.69) is 15.5 Å². The standard InChI is InChI=1S/C18H17N5O4S/c1-12-7-8-13(23(25)26)9-14(12)20-17(24)10-28-18-21-19-11-22(18)15-5-3-4-6-16(15)27-2/h3-9,11H,10H2,1-2H3,(H,20,24). The SMILES string of the molecule is COc1ccccc1-n1cnnc1SCC(=O)Nc1cc([N+](=O)[O-])ccc1C. The number of ether oxygens (including phenoxy) is 1. The van der Waals surface area contributed by atoms with Gasteiger partial charge < -0.3 is 10.1 Å². The van der Waals surface area contributed by atoms with E-state index in [-0.39, 0.29) is 17.3 Å². The first kappa shape index (κ1) is 19.4. The predicted molar refractivity (Wildman–Crippen MR) is 105 cm³/mol. The van der Waals surface area contributed by atoms with Crippen LogP contribution >= 0.6 is 11.8 Å². The van der Waals surface area contributed by atoms with Crippen LogP contribution in [0.2, 0.25) is 0 Å². The number of carbonyl (C=O) groups excluding carboxylic acids is 1. The van der Waals surface area contributed by atoms with Crippen LogP contribution in [0, 0.1) is 17.0 Å². The van der Waals surface area contributed by atoms with E-state index in [9.17, 15) is 14.9 Å². The van der Waals surface area contributed by atoms with Crippen molar-refractivity contribution >= 4 is 29.0 Å². The van der Waals surface area contributed by atoms with Gasteiger partial charge in [-0.3, -0.25) is 19.5 Å². The smallest absolute Gasteiger partial charge is 0.271 e. The van der Waals surface area contributed by atoms with Gasteiger partial charge >= 0.3 is 0 Å². The van der Waals surface area contributed by atoms with E-state index in [1.165, 1.54) is 23.9 Å². The summed E-state index contributed by atoms with van der Waals surface area (Å²) in [7, 11) is 1.57. The average molecular weight is 399 g/mol. The van der Waals surface area contributed by atoms with Gasteiger partial charge in [0.25, 0.3) is 5.69 Å². The summed E-state index contributed by atoms with van der Waals surface area (Å²) < 4.78 is 7.08. The number of rotatable bonds is 7. The Morgan fingerprint density at radius 1 is 1.32 bits per heavy atom. The second-order valence-electron chi connectivity index (χ2n) is 5.75. The number of methoxy groups -OCH3 is 1. The summed E-state index contributed by atoms with van der Waals surface area (Å²) >= 11 is 1.20. The number of nitro groups is 1. The van der Waals surface area contributed by atoms with Crippen LogP contribution in [0.15, 0.2) is 53.9 Å². The van der Waals surface area contributed by atoms with Crippen molar-refractivity contribution in [3.8, 4) is 11.4 Å². The van der Waals surface area contributed by atoms with Gasteiger partial charge in [0, 0.05) is 12.1 Å². The molecule has 0 aliphatic heterocycles. The zero-order valence-electron chi connectivity index (χ0n) is 15.2. The van der Waals surface area contributed by atoms with Crippen LogP contribution in [0.5, 0.6) is 5.75 Å². The predicted octanol–water partition coefficient (Wildman–Crippen LogP) is 3.22. The Hall–Kier alpha value is -3.40. The zero-order chi connectivity index (χ0) is 20.1. The van der Waals surface area contributed by atoms with E-state index in [0.717, 1.165) is 11.3 Å². The normalized spacial score (nSPS) is 10.5. The van der Waals surface area contributed by atoms with E-state index in [1.807, 2.05) is 24.3 Å². The van der Waals surface area contributed by atoms with Crippen LogP contribution < -0.4 is 10.1 Å². The Morgan fingerprint density at radius 2 is 2.11 bits per heavy atom. The lowest BCUT2D eigenvalue weighted by Gasteiger charge is -2.11. The maximum atomic E-state index is 12.3. The van der Waals surface area contributed by atoms with Crippen molar-refractivity contribution in [2.45, 2.75) is 12.1 Å². The van der Waals surface area contributed by atoms with Crippen LogP contribution in [0.3, 0.4) is 0 Å². The molecule has 0 atom stereocenters. The van der Waals surface area contributed by atoms with Crippen molar-refractivity contribution in [2.24, 2.45) is 0 Å². The third kappa shape index (κ3) is 4.29. The van der Waals surface area contributed by atoms with Gasteiger partial charge in [0.1, 0.15) is 12.1 Å². The molecule has 0 aliphatic carbocycles. The molecule has 3 rings (SSSR count). The van der Waals surface area contributed by atoms with Gasteiger partial charge in [0.2, 0.25) is 5.91 Å². The van der Waals surface area contributed by atoms with E-state index >= 15 is 0 Å². The molecule has 1 heterocycles. The molecule has 0 unspecified atom stereocenters. The Balaban J connectivity index is 1.71. The number of thioether (sulfide) groups is 1. The second kappa shape index (κ2) is 8.53. The monoisotopic (exact) mass is 399 g/mol. The number of nitro benzene ring substituents is 1. The lowest BCUT2D eigenvalue weighted by Crippen LogP contribution is -2.15. The molecule has 0 saturated carbocycles. The molecule has 9 nitrogen and oxygen atoms in total. The highest BCUT2D eigenvalue weighted by Crippen LogP contribution is 2.27. The fourth-order valence-corrected chi connectivity index (χ4v) is 3.21. The molecule has 3 aromatic rings. The molecule has 10 heteroatoms. The lowest BCUT2D eigenvalue weighted by atomic mass is 10.2. The fraction of sp³-hybridized carbons (Fsp3) is 0.167. The van der Waals surface area contributed by atoms with Crippen molar-refractivity contribution < 1.29 is 14.5 Å². The van der Waals surface area contributed by atoms with Gasteiger partial charge in [-0.05, 0) is 24.6 Å². The minimum Gasteiger partial charge on any atom is -0.495 e. The summed E-state index contributed by atoms with van der Waals surface area (Å²) in [6.07, 6.45) is 1.54. The van der Waals surface area contributed by atoms with Gasteiger partial charge in [-0.15, -0.1) is 10.2 Å². The molecule has 0 radical (unpaired) electrons. The molecule has 0 bridgehead atoms. The Bertz CT molecular complexity index is 1020. The average Bonchev–Trinajstić information content (AvgIpc) is 3.16. The molecule has 2 aromatic carbocycles. The Morgan fingerprint density at radius 3 is 2.86 bits per heavy atom. The highest BCUT2D eigenvalue weighted by molar-refractivity contribution is 7.99. The van der Waals surface area contributed by atoms with E-state index in [0.29, 0.717) is 16.6 Å². The number of anilines is 1. The summed E-state index contributed by atoms with van der Waals surface area (Å²) in [5.74, 6) is 0.416. The first-order valence-electron chi connectivity index (χ1n) is 8.20. The lowest BCUT2D eigenvalue weighted by molar-refractivity contribution is -0.384. The number of hydrogen-bond acceptors (Lipinski definition) is 7. The van der Waals surface area contributed by atoms with E-state index in [1.54, 1.807) is 31.0 Å². The highest BCUT2D eigenvalue weighted by atomic mass is 32.2. The summed E-state index contributed by atoms with van der Waals surface area (Å²) in [6.45, 7) is 1.77. The van der Waals surface area contributed by atoms with Gasteiger partial charge in [-0.2, -0.15) is 0 Å². The molecule has 1 aromatic heterocycles. The first-order valence-corrected chi connectivity index (χ1v) is 9.19. The summed E-state index contributed by atoms with van der Waals surface area (Å²) in [5.41, 5.74) is 1.82. The van der Waals surface area contributed by atoms with Crippen LogP contribution in [-0.2, 0) is 4.79 Å². The molecule has 144 valence electrons. The van der Waals surface area contributed by atoms with Crippen LogP contribution in [-0.4, -0.2) is 38.5 Å². The summed E-state index contributed by atoms with van der Waals surface area (Å²) in [5, 5.41) is 22.1. The Labute approximate surface area is 164 Å². The quantitative estimate of drug-likeness (QED) is 0.369. The molecular formula is C18H17N5O4S. The molecule has 0 spiro atoms. The van der Waals surface area contributed by atoms with E-state index < -0.39 is 4.92 Å². The molecule has 1 N–H and O–H groups in total. The van der Waals surface area contributed by atoms with Crippen molar-refractivity contribution in [2.75, 3.05) is 18.2 Å². The van der Waals surface area contributed by atoms with Crippen molar-refractivity contribution in [3.63, 3.8) is 0 Å². The van der Waals surface area contributed by atoms with Gasteiger partial charge in [0.05, 0.1) is 29.2 Å². The van der Waals surface area contributed by atoms with Gasteiger partial charge in [0.15, 0.2) is 5.16 Å². The maximum Gasteiger partial charge on any atom is 0.271 e. The molecular weight excluding hydrogens is 382 g/mol. The summed E-state index contributed by atoms with van der Waals surface area (Å²) in [6, 6.07) is 11.7. The third-order valence-electron chi connectivity index (χ3n) is 3.90. The number of aryl methyl sites for hydroxylation is 1. The topological polar surface area (TPSA) is 112 Å². The van der Waals surface area contributed by atoms with Gasteiger partial charge in [-0.25, -0.2) is 0 Å². The second-order valence-corrected chi connectivity index (χ2v) is 6.69. The van der Waals surface area contributed by atoms with Crippen LogP contribution in [0.1, 0.15) is 5.56 Å². The van der Waals surface area contributed by atoms with Crippen LogP contribution in [0.25, 0.3) is 5.69 Å². The molecule has 1 amide bonds. The maximum absolute atomic E-state index is 12.3.